The van der Waals surface area contributed by atoms with Crippen LogP contribution in [-0.4, -0.2) is 34.5 Å². The van der Waals surface area contributed by atoms with Crippen molar-refractivity contribution in [1.82, 2.24) is 4.98 Å². The lowest BCUT2D eigenvalue weighted by molar-refractivity contribution is 0.280. The molecular formula is C16H19N3O2. The van der Waals surface area contributed by atoms with E-state index in [1.807, 2.05) is 30.3 Å². The van der Waals surface area contributed by atoms with Crippen molar-refractivity contribution in [1.29, 1.82) is 0 Å². The van der Waals surface area contributed by atoms with Gasteiger partial charge in [0.2, 0.25) is 0 Å². The third-order valence-electron chi connectivity index (χ3n) is 3.09. The second-order valence-electron chi connectivity index (χ2n) is 4.62. The van der Waals surface area contributed by atoms with Crippen LogP contribution >= 0.6 is 0 Å². The number of aliphatic hydroxyl groups is 1. The normalized spacial score (nSPS) is 11.0. The van der Waals surface area contributed by atoms with E-state index in [-0.39, 0.29) is 12.4 Å². The van der Waals surface area contributed by atoms with E-state index in [1.54, 1.807) is 19.3 Å². The van der Waals surface area contributed by atoms with Crippen LogP contribution in [0.4, 0.5) is 5.69 Å². The van der Waals surface area contributed by atoms with Gasteiger partial charge in [0.15, 0.2) is 0 Å². The summed E-state index contributed by atoms with van der Waals surface area (Å²) in [6, 6.07) is 9.89. The molecule has 0 saturated heterocycles. The zero-order chi connectivity index (χ0) is 15.1. The predicted octanol–water partition coefficient (Wildman–Crippen LogP) is 2.12. The number of aliphatic imine (C=N–C) groups is 1. The van der Waals surface area contributed by atoms with Crippen LogP contribution in [0.15, 0.2) is 41.5 Å². The summed E-state index contributed by atoms with van der Waals surface area (Å²) in [5.74, 6) is 0.0707. The van der Waals surface area contributed by atoms with Gasteiger partial charge < -0.3 is 15.5 Å². The van der Waals surface area contributed by atoms with Crippen molar-refractivity contribution >= 4 is 11.9 Å². The standard InChI is InChI=1S/C16H19N3O2/c1-12-16(21)15(13(11-20)9-19-12)10-17-7-8-18-14-5-3-2-4-6-14/h2-6,9-10,18,20-21H,7-8,11H2,1H3. The molecule has 0 aliphatic carbocycles. The van der Waals surface area contributed by atoms with E-state index in [2.05, 4.69) is 15.3 Å². The molecule has 110 valence electrons. The summed E-state index contributed by atoms with van der Waals surface area (Å²) >= 11 is 0. The topological polar surface area (TPSA) is 77.7 Å². The Morgan fingerprint density at radius 1 is 1.29 bits per heavy atom. The summed E-state index contributed by atoms with van der Waals surface area (Å²) in [5, 5.41) is 22.5. The first kappa shape index (κ1) is 15.0. The van der Waals surface area contributed by atoms with Crippen molar-refractivity contribution in [3.8, 4) is 5.75 Å². The number of rotatable bonds is 6. The fourth-order valence-corrected chi connectivity index (χ4v) is 1.90. The lowest BCUT2D eigenvalue weighted by Gasteiger charge is -2.07. The first-order chi connectivity index (χ1) is 10.2. The predicted molar refractivity (Wildman–Crippen MR) is 84.0 cm³/mol. The van der Waals surface area contributed by atoms with E-state index < -0.39 is 0 Å². The average molecular weight is 285 g/mol. The molecule has 0 spiro atoms. The van der Waals surface area contributed by atoms with E-state index >= 15 is 0 Å². The van der Waals surface area contributed by atoms with Crippen LogP contribution in [0.25, 0.3) is 0 Å². The lowest BCUT2D eigenvalue weighted by atomic mass is 10.1. The molecule has 0 unspecified atom stereocenters. The van der Waals surface area contributed by atoms with E-state index in [0.717, 1.165) is 5.69 Å². The molecule has 0 bridgehead atoms. The van der Waals surface area contributed by atoms with Gasteiger partial charge in [-0.15, -0.1) is 0 Å². The Balaban J connectivity index is 1.94. The first-order valence-electron chi connectivity index (χ1n) is 6.79. The average Bonchev–Trinajstić information content (AvgIpc) is 2.52. The molecule has 1 heterocycles. The molecule has 5 nitrogen and oxygen atoms in total. The summed E-state index contributed by atoms with van der Waals surface area (Å²) in [6.45, 7) is 2.80. The molecule has 0 aliphatic rings. The van der Waals surface area contributed by atoms with E-state index in [1.165, 1.54) is 0 Å². The zero-order valence-corrected chi connectivity index (χ0v) is 12.0. The van der Waals surface area contributed by atoms with Gasteiger partial charge in [-0.05, 0) is 19.1 Å². The molecule has 21 heavy (non-hydrogen) atoms. The van der Waals surface area contributed by atoms with Gasteiger partial charge in [-0.2, -0.15) is 0 Å². The summed E-state index contributed by atoms with van der Waals surface area (Å²) < 4.78 is 0. The molecule has 0 radical (unpaired) electrons. The van der Waals surface area contributed by atoms with Crippen molar-refractivity contribution in [2.75, 3.05) is 18.4 Å². The summed E-state index contributed by atoms with van der Waals surface area (Å²) in [7, 11) is 0. The number of aryl methyl sites for hydroxylation is 1. The van der Waals surface area contributed by atoms with Crippen molar-refractivity contribution < 1.29 is 10.2 Å². The third kappa shape index (κ3) is 4.03. The Bertz CT molecular complexity index is 612. The van der Waals surface area contributed by atoms with Gasteiger partial charge in [0.1, 0.15) is 5.75 Å². The van der Waals surface area contributed by atoms with E-state index in [9.17, 15) is 10.2 Å². The Morgan fingerprint density at radius 3 is 2.76 bits per heavy atom. The fourth-order valence-electron chi connectivity index (χ4n) is 1.90. The minimum atomic E-state index is -0.176. The van der Waals surface area contributed by atoms with Crippen LogP contribution in [0.1, 0.15) is 16.8 Å². The first-order valence-corrected chi connectivity index (χ1v) is 6.79. The highest BCUT2D eigenvalue weighted by molar-refractivity contribution is 5.85. The maximum atomic E-state index is 9.96. The second kappa shape index (κ2) is 7.40. The van der Waals surface area contributed by atoms with Crippen LogP contribution in [0, 0.1) is 6.92 Å². The molecule has 2 rings (SSSR count). The van der Waals surface area contributed by atoms with Gasteiger partial charge in [0.05, 0.1) is 18.8 Å². The number of hydrogen-bond donors (Lipinski definition) is 3. The van der Waals surface area contributed by atoms with Gasteiger partial charge in [0.25, 0.3) is 0 Å². The number of para-hydroxylation sites is 1. The third-order valence-corrected chi connectivity index (χ3v) is 3.09. The maximum absolute atomic E-state index is 9.96. The van der Waals surface area contributed by atoms with Crippen LogP contribution in [0.3, 0.4) is 0 Å². The molecule has 1 aromatic carbocycles. The molecule has 0 saturated carbocycles. The van der Waals surface area contributed by atoms with Crippen LogP contribution in [-0.2, 0) is 6.61 Å². The number of benzene rings is 1. The molecule has 1 aromatic heterocycles. The molecular weight excluding hydrogens is 266 g/mol. The summed E-state index contributed by atoms with van der Waals surface area (Å²) in [4.78, 5) is 8.29. The second-order valence-corrected chi connectivity index (χ2v) is 4.62. The fraction of sp³-hybridized carbons (Fsp3) is 0.250. The number of nitrogens with one attached hydrogen (secondary N) is 1. The van der Waals surface area contributed by atoms with Gasteiger partial charge in [-0.3, -0.25) is 9.98 Å². The molecule has 0 fully saturated rings. The summed E-state index contributed by atoms with van der Waals surface area (Å²) in [5.41, 5.74) is 2.67. The number of hydrogen-bond acceptors (Lipinski definition) is 5. The number of aromatic nitrogens is 1. The number of aromatic hydroxyl groups is 1. The highest BCUT2D eigenvalue weighted by atomic mass is 16.3. The van der Waals surface area contributed by atoms with Crippen LogP contribution in [0.5, 0.6) is 5.75 Å². The number of anilines is 1. The van der Waals surface area contributed by atoms with E-state index in [0.29, 0.717) is 29.9 Å². The van der Waals surface area contributed by atoms with Gasteiger partial charge in [-0.25, -0.2) is 0 Å². The largest absolute Gasteiger partial charge is 0.505 e. The molecule has 5 heteroatoms. The Kier molecular flexibility index (Phi) is 5.29. The highest BCUT2D eigenvalue weighted by Gasteiger charge is 2.08. The molecule has 0 aliphatic heterocycles. The Labute approximate surface area is 124 Å². The lowest BCUT2D eigenvalue weighted by Crippen LogP contribution is -2.05. The Morgan fingerprint density at radius 2 is 2.05 bits per heavy atom. The molecule has 0 atom stereocenters. The minimum Gasteiger partial charge on any atom is -0.505 e. The number of pyridine rings is 1. The molecule has 3 N–H and O–H groups in total. The van der Waals surface area contributed by atoms with Crippen molar-refractivity contribution in [3.63, 3.8) is 0 Å². The smallest absolute Gasteiger partial charge is 0.145 e. The summed E-state index contributed by atoms with van der Waals surface area (Å²) in [6.07, 6.45) is 3.14. The van der Waals surface area contributed by atoms with E-state index in [4.69, 9.17) is 0 Å². The van der Waals surface area contributed by atoms with Crippen LogP contribution < -0.4 is 5.32 Å². The number of nitrogens with zero attached hydrogens (tertiary/aromatic N) is 2. The molecule has 0 amide bonds. The van der Waals surface area contributed by atoms with Crippen LogP contribution in [0.2, 0.25) is 0 Å². The van der Waals surface area contributed by atoms with Crippen molar-refractivity contribution in [2.24, 2.45) is 4.99 Å². The Hall–Kier alpha value is -2.40. The maximum Gasteiger partial charge on any atom is 0.145 e. The monoisotopic (exact) mass is 285 g/mol. The highest BCUT2D eigenvalue weighted by Crippen LogP contribution is 2.21. The zero-order valence-electron chi connectivity index (χ0n) is 12.0. The van der Waals surface area contributed by atoms with Gasteiger partial charge >= 0.3 is 0 Å². The minimum absolute atomic E-state index is 0.0707. The molecule has 2 aromatic rings. The SMILES string of the molecule is Cc1ncc(CO)c(C=NCCNc2ccccc2)c1O. The van der Waals surface area contributed by atoms with Crippen molar-refractivity contribution in [2.45, 2.75) is 13.5 Å². The van der Waals surface area contributed by atoms with Gasteiger partial charge in [-0.1, -0.05) is 18.2 Å². The van der Waals surface area contributed by atoms with Crippen molar-refractivity contribution in [3.05, 3.63) is 53.3 Å². The number of aliphatic hydroxyl groups excluding tert-OH is 1. The quantitative estimate of drug-likeness (QED) is 0.561. The van der Waals surface area contributed by atoms with Gasteiger partial charge in [0, 0.05) is 35.8 Å².